The Morgan fingerprint density at radius 1 is 1.12 bits per heavy atom. The van der Waals surface area contributed by atoms with Crippen LogP contribution >= 0.6 is 11.3 Å². The molecule has 0 saturated heterocycles. The van der Waals surface area contributed by atoms with Crippen LogP contribution in [0.1, 0.15) is 11.1 Å². The summed E-state index contributed by atoms with van der Waals surface area (Å²) in [4.78, 5) is 18.1. The molecule has 3 aromatic rings. The van der Waals surface area contributed by atoms with Gasteiger partial charge in [0, 0.05) is 24.5 Å². The third-order valence-corrected chi connectivity index (χ3v) is 4.47. The van der Waals surface area contributed by atoms with Crippen LogP contribution in [-0.2, 0) is 11.3 Å². The average Bonchev–Trinajstić information content (AvgIpc) is 3.04. The Kier molecular flexibility index (Phi) is 5.47. The first-order valence-electron chi connectivity index (χ1n) is 7.88. The van der Waals surface area contributed by atoms with Crippen molar-refractivity contribution in [2.24, 2.45) is 0 Å². The van der Waals surface area contributed by atoms with Crippen molar-refractivity contribution in [1.82, 2.24) is 20.1 Å². The monoisotopic (exact) mass is 353 g/mol. The second kappa shape index (κ2) is 7.96. The van der Waals surface area contributed by atoms with Crippen LogP contribution in [0.3, 0.4) is 0 Å². The Bertz CT molecular complexity index is 832. The smallest absolute Gasteiger partial charge is 0.240 e. The molecule has 0 fully saturated rings. The van der Waals surface area contributed by atoms with E-state index in [1.165, 1.54) is 16.9 Å². The summed E-state index contributed by atoms with van der Waals surface area (Å²) in [5.41, 5.74) is 3.31. The summed E-state index contributed by atoms with van der Waals surface area (Å²) in [5.74, 6) is -0.108. The summed E-state index contributed by atoms with van der Waals surface area (Å²) in [6.45, 7) is 3.00. The molecule has 25 heavy (non-hydrogen) atoms. The Labute approximate surface area is 150 Å². The van der Waals surface area contributed by atoms with Gasteiger partial charge in [-0.2, -0.15) is 0 Å². The van der Waals surface area contributed by atoms with Crippen molar-refractivity contribution in [3.63, 3.8) is 0 Å². The molecular formula is C18H19N5OS. The Hall–Kier alpha value is -2.64. The maximum absolute atomic E-state index is 12.2. The lowest BCUT2D eigenvalue weighted by Crippen LogP contribution is -2.29. The van der Waals surface area contributed by atoms with Crippen LogP contribution in [0, 0.1) is 6.92 Å². The first-order chi connectivity index (χ1) is 12.1. The number of rotatable bonds is 6. The molecule has 3 rings (SSSR count). The summed E-state index contributed by atoms with van der Waals surface area (Å²) in [6.07, 6.45) is 3.49. The largest absolute Gasteiger partial charge is 0.299 e. The minimum atomic E-state index is -0.108. The quantitative estimate of drug-likeness (QED) is 0.738. The average molecular weight is 353 g/mol. The van der Waals surface area contributed by atoms with Gasteiger partial charge in [-0.05, 0) is 31.7 Å². The van der Waals surface area contributed by atoms with Gasteiger partial charge in [0.05, 0.1) is 6.54 Å². The summed E-state index contributed by atoms with van der Waals surface area (Å²) >= 11 is 1.37. The zero-order valence-corrected chi connectivity index (χ0v) is 15.0. The fourth-order valence-corrected chi connectivity index (χ4v) is 3.11. The zero-order valence-electron chi connectivity index (χ0n) is 14.1. The lowest BCUT2D eigenvalue weighted by molar-refractivity contribution is -0.117. The highest BCUT2D eigenvalue weighted by atomic mass is 32.1. The van der Waals surface area contributed by atoms with Gasteiger partial charge in [-0.25, -0.2) is 0 Å². The Morgan fingerprint density at radius 2 is 1.84 bits per heavy atom. The van der Waals surface area contributed by atoms with Gasteiger partial charge in [0.25, 0.3) is 0 Å². The van der Waals surface area contributed by atoms with Crippen molar-refractivity contribution in [2.75, 3.05) is 18.9 Å². The van der Waals surface area contributed by atoms with E-state index in [4.69, 9.17) is 0 Å². The predicted octanol–water partition coefficient (Wildman–Crippen LogP) is 2.98. The highest BCUT2D eigenvalue weighted by molar-refractivity contribution is 7.18. The predicted molar refractivity (Wildman–Crippen MR) is 99.3 cm³/mol. The maximum Gasteiger partial charge on any atom is 0.240 e. The van der Waals surface area contributed by atoms with Gasteiger partial charge >= 0.3 is 0 Å². The summed E-state index contributed by atoms with van der Waals surface area (Å²) in [5, 5.41) is 12.3. The number of carbonyl (C=O) groups excluding carboxylic acids is 1. The number of hydrogen-bond donors (Lipinski definition) is 1. The summed E-state index contributed by atoms with van der Waals surface area (Å²) in [7, 11) is 1.90. The van der Waals surface area contributed by atoms with Gasteiger partial charge in [0.1, 0.15) is 5.01 Å². The third kappa shape index (κ3) is 4.91. The van der Waals surface area contributed by atoms with E-state index in [0.717, 1.165) is 16.1 Å². The van der Waals surface area contributed by atoms with Crippen LogP contribution < -0.4 is 5.32 Å². The van der Waals surface area contributed by atoms with Crippen molar-refractivity contribution in [3.8, 4) is 10.6 Å². The lowest BCUT2D eigenvalue weighted by Gasteiger charge is -2.15. The van der Waals surface area contributed by atoms with Crippen molar-refractivity contribution >= 4 is 22.4 Å². The van der Waals surface area contributed by atoms with Crippen molar-refractivity contribution in [3.05, 3.63) is 59.9 Å². The molecule has 1 amide bonds. The number of nitrogens with one attached hydrogen (secondary N) is 1. The molecule has 2 heterocycles. The minimum Gasteiger partial charge on any atom is -0.299 e. The number of pyridine rings is 1. The van der Waals surface area contributed by atoms with Crippen molar-refractivity contribution in [2.45, 2.75) is 13.5 Å². The highest BCUT2D eigenvalue weighted by Gasteiger charge is 2.11. The fourth-order valence-electron chi connectivity index (χ4n) is 2.35. The van der Waals surface area contributed by atoms with Gasteiger partial charge in [0.2, 0.25) is 11.0 Å². The summed E-state index contributed by atoms with van der Waals surface area (Å²) in [6, 6.07) is 11.9. The normalized spacial score (nSPS) is 10.8. The van der Waals surface area contributed by atoms with Crippen LogP contribution in [0.15, 0.2) is 48.8 Å². The molecule has 0 aliphatic carbocycles. The van der Waals surface area contributed by atoms with Crippen LogP contribution in [0.5, 0.6) is 0 Å². The fraction of sp³-hybridized carbons (Fsp3) is 0.222. The number of aryl methyl sites for hydroxylation is 1. The summed E-state index contributed by atoms with van der Waals surface area (Å²) < 4.78 is 0. The second-order valence-corrected chi connectivity index (χ2v) is 6.83. The number of likely N-dealkylation sites (N-methyl/N-ethyl adjacent to an activating group) is 1. The number of nitrogens with zero attached hydrogens (tertiary/aromatic N) is 4. The number of benzene rings is 1. The number of hydrogen-bond acceptors (Lipinski definition) is 6. The first-order valence-corrected chi connectivity index (χ1v) is 8.69. The second-order valence-electron chi connectivity index (χ2n) is 5.85. The van der Waals surface area contributed by atoms with Gasteiger partial charge < -0.3 is 0 Å². The van der Waals surface area contributed by atoms with Crippen LogP contribution in [0.4, 0.5) is 5.13 Å². The van der Waals surface area contributed by atoms with E-state index in [-0.39, 0.29) is 12.5 Å². The molecule has 0 saturated carbocycles. The van der Waals surface area contributed by atoms with Gasteiger partial charge in [-0.1, -0.05) is 41.2 Å². The van der Waals surface area contributed by atoms with Crippen LogP contribution in [-0.4, -0.2) is 39.6 Å². The van der Waals surface area contributed by atoms with E-state index in [0.29, 0.717) is 11.7 Å². The molecular weight excluding hydrogens is 334 g/mol. The van der Waals surface area contributed by atoms with Gasteiger partial charge in [-0.3, -0.25) is 20.0 Å². The zero-order chi connectivity index (χ0) is 17.6. The molecule has 128 valence electrons. The Morgan fingerprint density at radius 3 is 2.56 bits per heavy atom. The van der Waals surface area contributed by atoms with E-state index in [9.17, 15) is 4.79 Å². The van der Waals surface area contributed by atoms with Crippen LogP contribution in [0.25, 0.3) is 10.6 Å². The first kappa shape index (κ1) is 17.2. The number of anilines is 1. The lowest BCUT2D eigenvalue weighted by atomic mass is 10.2. The van der Waals surface area contributed by atoms with Crippen LogP contribution in [0.2, 0.25) is 0 Å². The van der Waals surface area contributed by atoms with Gasteiger partial charge in [0.15, 0.2) is 0 Å². The van der Waals surface area contributed by atoms with E-state index in [1.54, 1.807) is 12.4 Å². The molecule has 1 N–H and O–H groups in total. The number of aromatic nitrogens is 3. The third-order valence-electron chi connectivity index (χ3n) is 3.59. The maximum atomic E-state index is 12.2. The molecule has 7 heteroatoms. The van der Waals surface area contributed by atoms with E-state index >= 15 is 0 Å². The van der Waals surface area contributed by atoms with E-state index in [2.05, 4.69) is 20.5 Å². The molecule has 1 aromatic carbocycles. The highest BCUT2D eigenvalue weighted by Crippen LogP contribution is 2.26. The topological polar surface area (TPSA) is 71.0 Å². The van der Waals surface area contributed by atoms with E-state index < -0.39 is 0 Å². The molecule has 2 aromatic heterocycles. The number of amides is 1. The molecule has 0 spiro atoms. The molecule has 0 bridgehead atoms. The van der Waals surface area contributed by atoms with E-state index in [1.807, 2.05) is 55.3 Å². The SMILES string of the molecule is Cc1ccc(-c2nnc(NC(=O)CN(C)Cc3ccncc3)s2)cc1. The van der Waals surface area contributed by atoms with Crippen molar-refractivity contribution < 1.29 is 4.79 Å². The molecule has 0 aliphatic heterocycles. The van der Waals surface area contributed by atoms with Gasteiger partial charge in [-0.15, -0.1) is 10.2 Å². The van der Waals surface area contributed by atoms with Crippen molar-refractivity contribution in [1.29, 1.82) is 0 Å². The molecule has 6 nitrogen and oxygen atoms in total. The minimum absolute atomic E-state index is 0.108. The molecule has 0 aliphatic rings. The standard InChI is InChI=1S/C18H19N5OS/c1-13-3-5-15(6-4-13)17-21-22-18(25-17)20-16(24)12-23(2)11-14-7-9-19-10-8-14/h3-10H,11-12H2,1-2H3,(H,20,22,24). The number of carbonyl (C=O) groups is 1. The molecule has 0 unspecified atom stereocenters. The molecule has 0 radical (unpaired) electrons. The Balaban J connectivity index is 1.55. The molecule has 0 atom stereocenters.